The number of aliphatic hydroxyl groups is 1. The first-order valence-electron chi connectivity index (χ1n) is 20.9. The van der Waals surface area contributed by atoms with Crippen molar-refractivity contribution < 1.29 is 47.5 Å². The summed E-state index contributed by atoms with van der Waals surface area (Å²) in [5, 5.41) is 11.4. The lowest BCUT2D eigenvalue weighted by Gasteiger charge is -2.56. The maximum absolute atomic E-state index is 15.6. The summed E-state index contributed by atoms with van der Waals surface area (Å²) in [4.78, 5) is 33.3. The molecule has 0 aromatic heterocycles. The minimum Gasteiger partial charge on any atom is -0.493 e. The Hall–Kier alpha value is -4.37. The number of hydrogen-bond donors (Lipinski definition) is 1. The quantitative estimate of drug-likeness (QED) is 0.0965. The lowest BCUT2D eigenvalue weighted by atomic mass is 9.78. The summed E-state index contributed by atoms with van der Waals surface area (Å²) < 4.78 is 42.2. The maximum Gasteiger partial charge on any atom is 0.411 e. The van der Waals surface area contributed by atoms with Crippen molar-refractivity contribution in [2.75, 3.05) is 33.7 Å². The van der Waals surface area contributed by atoms with E-state index in [2.05, 4.69) is 33.9 Å². The van der Waals surface area contributed by atoms with Crippen molar-refractivity contribution >= 4 is 55.1 Å². The Morgan fingerprint density at radius 1 is 0.921 bits per heavy atom. The van der Waals surface area contributed by atoms with E-state index in [1.807, 2.05) is 80.6 Å². The van der Waals surface area contributed by atoms with Crippen LogP contribution in [-0.2, 0) is 33.6 Å². The molecular formula is C47H55Cl3N2O10Si. The summed E-state index contributed by atoms with van der Waals surface area (Å²) >= 11 is 18.4. The van der Waals surface area contributed by atoms with E-state index < -0.39 is 61.5 Å². The summed E-state index contributed by atoms with van der Waals surface area (Å²) in [6.07, 6.45) is -0.798. The maximum atomic E-state index is 15.6. The van der Waals surface area contributed by atoms with Crippen LogP contribution >= 0.6 is 34.8 Å². The molecule has 16 heteroatoms. The lowest BCUT2D eigenvalue weighted by Crippen LogP contribution is -2.69. The highest BCUT2D eigenvalue weighted by Crippen LogP contribution is 2.54. The molecule has 0 aliphatic carbocycles. The predicted molar refractivity (Wildman–Crippen MR) is 244 cm³/mol. The van der Waals surface area contributed by atoms with Crippen molar-refractivity contribution in [3.8, 4) is 28.7 Å². The van der Waals surface area contributed by atoms with Gasteiger partial charge in [-0.3, -0.25) is 9.69 Å². The van der Waals surface area contributed by atoms with E-state index in [1.54, 1.807) is 18.1 Å². The van der Waals surface area contributed by atoms with Gasteiger partial charge in [-0.05, 0) is 60.3 Å². The average molecular weight is 942 g/mol. The topological polar surface area (TPSA) is 125 Å². The number of alkyl halides is 3. The van der Waals surface area contributed by atoms with E-state index in [-0.39, 0.29) is 38.1 Å². The molecule has 2 bridgehead atoms. The van der Waals surface area contributed by atoms with Gasteiger partial charge < -0.3 is 42.9 Å². The second kappa shape index (κ2) is 18.6. The van der Waals surface area contributed by atoms with Gasteiger partial charge in [0, 0.05) is 23.1 Å². The Labute approximate surface area is 385 Å². The summed E-state index contributed by atoms with van der Waals surface area (Å²) in [6, 6.07) is 19.1. The number of methoxy groups -OCH3 is 1. The van der Waals surface area contributed by atoms with Crippen molar-refractivity contribution in [2.24, 2.45) is 0 Å². The molecule has 0 saturated carbocycles. The Bertz CT molecular complexity index is 2310. The number of aryl methyl sites for hydroxylation is 1. The minimum atomic E-state index is -2.57. The van der Waals surface area contributed by atoms with E-state index in [0.29, 0.717) is 45.4 Å². The van der Waals surface area contributed by atoms with E-state index >= 15 is 4.79 Å². The van der Waals surface area contributed by atoms with Crippen molar-refractivity contribution in [1.29, 1.82) is 0 Å². The molecule has 12 nitrogen and oxygen atoms in total. The Morgan fingerprint density at radius 2 is 1.54 bits per heavy atom. The van der Waals surface area contributed by atoms with Crippen LogP contribution < -0.4 is 23.7 Å². The van der Waals surface area contributed by atoms with Crippen molar-refractivity contribution in [3.63, 3.8) is 0 Å². The van der Waals surface area contributed by atoms with Gasteiger partial charge >= 0.3 is 6.09 Å². The van der Waals surface area contributed by atoms with Gasteiger partial charge in [-0.2, -0.15) is 0 Å². The number of piperazine rings is 1. The van der Waals surface area contributed by atoms with Crippen LogP contribution in [0.25, 0.3) is 0 Å². The number of rotatable bonds is 14. The fourth-order valence-corrected chi connectivity index (χ4v) is 9.56. The molecule has 1 fully saturated rings. The van der Waals surface area contributed by atoms with Gasteiger partial charge in [0.2, 0.25) is 16.5 Å². The van der Waals surface area contributed by atoms with Gasteiger partial charge in [0.05, 0.1) is 38.4 Å². The van der Waals surface area contributed by atoms with Crippen LogP contribution in [0.5, 0.6) is 28.7 Å². The van der Waals surface area contributed by atoms with Crippen molar-refractivity contribution in [3.05, 3.63) is 112 Å². The summed E-state index contributed by atoms with van der Waals surface area (Å²) in [5.41, 5.74) is 5.21. The van der Waals surface area contributed by atoms with Crippen LogP contribution in [0.15, 0.2) is 72.8 Å². The Kier molecular flexibility index (Phi) is 13.8. The molecule has 3 aliphatic rings. The Balaban J connectivity index is 1.43. The van der Waals surface area contributed by atoms with Gasteiger partial charge in [-0.25, -0.2) is 4.79 Å². The van der Waals surface area contributed by atoms with Crippen LogP contribution in [0, 0.1) is 13.8 Å². The predicted octanol–water partition coefficient (Wildman–Crippen LogP) is 9.94. The van der Waals surface area contributed by atoms with Gasteiger partial charge in [-0.15, -0.1) is 0 Å². The fourth-order valence-electron chi connectivity index (χ4n) is 8.38. The minimum absolute atomic E-state index is 0.0408. The standard InChI is InChI=1S/C47H55Cl3N2O10Si/c1-28-19-32-20-34-44(54)51(35(22-53)33-21-37(29(2)41-42(33)61-27-60-41)57-23-30-15-11-9-12-16-30)36(25-62-63(7,8)46(3,4)5)39(52(34)45(55)59-26-47(48,49)50)38(32)43(40(28)56-6)58-24-31-17-13-10-14-18-31/h9-19,21,34-36,39,53H,20,22-27H2,1-8H3/t34-,35-,36-,39-/m0/s1. The number of nitrogens with zero attached hydrogens (tertiary/aromatic N) is 2. The average Bonchev–Trinajstić information content (AvgIpc) is 3.74. The second-order valence-electron chi connectivity index (χ2n) is 17.7. The molecule has 1 N–H and O–H groups in total. The van der Waals surface area contributed by atoms with E-state index in [4.69, 9.17) is 67.7 Å². The molecule has 3 aliphatic heterocycles. The Morgan fingerprint density at radius 3 is 2.13 bits per heavy atom. The van der Waals surface area contributed by atoms with Crippen LogP contribution in [0.3, 0.4) is 0 Å². The van der Waals surface area contributed by atoms with Gasteiger partial charge in [0.15, 0.2) is 31.3 Å². The third kappa shape index (κ3) is 9.55. The number of aliphatic hydroxyl groups excluding tert-OH is 1. The molecule has 0 unspecified atom stereocenters. The van der Waals surface area contributed by atoms with Crippen molar-refractivity contribution in [1.82, 2.24) is 9.80 Å². The van der Waals surface area contributed by atoms with Gasteiger partial charge in [0.1, 0.15) is 31.6 Å². The first kappa shape index (κ1) is 46.6. The van der Waals surface area contributed by atoms with Gasteiger partial charge in [0.25, 0.3) is 0 Å². The third-order valence-electron chi connectivity index (χ3n) is 12.5. The monoisotopic (exact) mass is 940 g/mol. The van der Waals surface area contributed by atoms with Crippen LogP contribution in [0.1, 0.15) is 71.8 Å². The summed E-state index contributed by atoms with van der Waals surface area (Å²) in [7, 11) is -1.00. The number of halogens is 3. The lowest BCUT2D eigenvalue weighted by molar-refractivity contribution is -0.159. The molecule has 4 aromatic carbocycles. The van der Waals surface area contributed by atoms with Crippen LogP contribution in [-0.4, -0.2) is 84.8 Å². The largest absolute Gasteiger partial charge is 0.493 e. The SMILES string of the molecule is COc1c(C)cc2c(c1OCc1ccccc1)[C@@H]1[C@H](CO[Si](C)(C)C(C)(C)C)N([C@@H](CO)c3cc(OCc4ccccc4)c(C)c4c3OCO4)C(=O)[C@H](C2)N1C(=O)OCC(Cl)(Cl)Cl. The number of hydrogen-bond acceptors (Lipinski definition) is 10. The number of carbonyl (C=O) groups excluding carboxylic acids is 2. The molecule has 0 spiro atoms. The highest BCUT2D eigenvalue weighted by molar-refractivity contribution is 6.74. The molecule has 63 heavy (non-hydrogen) atoms. The van der Waals surface area contributed by atoms with Crippen LogP contribution in [0.2, 0.25) is 18.1 Å². The number of benzene rings is 4. The van der Waals surface area contributed by atoms with E-state index in [1.165, 1.54) is 4.90 Å². The normalized spacial score (nSPS) is 18.8. The molecule has 4 aromatic rings. The molecular weight excluding hydrogens is 887 g/mol. The third-order valence-corrected chi connectivity index (χ3v) is 17.4. The second-order valence-corrected chi connectivity index (χ2v) is 25.0. The molecule has 3 heterocycles. The number of fused-ring (bicyclic) bond motifs is 5. The highest BCUT2D eigenvalue weighted by Gasteiger charge is 2.57. The van der Waals surface area contributed by atoms with E-state index in [9.17, 15) is 9.90 Å². The smallest absolute Gasteiger partial charge is 0.411 e. The highest BCUT2D eigenvalue weighted by atomic mass is 35.6. The molecule has 4 atom stereocenters. The first-order chi connectivity index (χ1) is 29.8. The molecule has 7 rings (SSSR count). The zero-order valence-corrected chi connectivity index (χ0v) is 40.1. The summed E-state index contributed by atoms with van der Waals surface area (Å²) in [6.45, 7) is 13.6. The first-order valence-corrected chi connectivity index (χ1v) is 24.9. The van der Waals surface area contributed by atoms with Crippen molar-refractivity contribution in [2.45, 2.75) is 100 Å². The zero-order valence-electron chi connectivity index (χ0n) is 36.8. The molecule has 1 saturated heterocycles. The van der Waals surface area contributed by atoms with Gasteiger partial charge in [-0.1, -0.05) is 122 Å². The number of ether oxygens (including phenoxy) is 6. The van der Waals surface area contributed by atoms with Crippen LogP contribution in [0.4, 0.5) is 4.79 Å². The van der Waals surface area contributed by atoms with E-state index in [0.717, 1.165) is 22.3 Å². The summed E-state index contributed by atoms with van der Waals surface area (Å²) in [5.74, 6) is 1.74. The molecule has 0 radical (unpaired) electrons. The fraction of sp³-hybridized carbons (Fsp3) is 0.447. The molecule has 338 valence electrons. The number of amides is 2. The zero-order chi connectivity index (χ0) is 45.4. The molecule has 2 amide bonds. The number of carbonyl (C=O) groups is 2.